The molecule has 96 valence electrons. The van der Waals surface area contributed by atoms with Gasteiger partial charge in [0.25, 0.3) is 0 Å². The lowest BCUT2D eigenvalue weighted by Gasteiger charge is -2.21. The number of hydrogen-bond acceptors (Lipinski definition) is 4. The lowest BCUT2D eigenvalue weighted by molar-refractivity contribution is 0.201. The maximum atomic E-state index is 11.3. The van der Waals surface area contributed by atoms with Gasteiger partial charge in [0.1, 0.15) is 6.33 Å². The number of aromatic nitrogens is 4. The van der Waals surface area contributed by atoms with Gasteiger partial charge in [0, 0.05) is 12.6 Å². The van der Waals surface area contributed by atoms with Crippen LogP contribution in [-0.2, 0) is 0 Å². The molecule has 7 nitrogen and oxygen atoms in total. The highest BCUT2D eigenvalue weighted by Crippen LogP contribution is 2.23. The molecule has 0 fully saturated rings. The Labute approximate surface area is 108 Å². The van der Waals surface area contributed by atoms with Gasteiger partial charge in [-0.05, 0) is 5.92 Å². The summed E-state index contributed by atoms with van der Waals surface area (Å²) in [5, 5.41) is 21.0. The summed E-state index contributed by atoms with van der Waals surface area (Å²) in [5.41, 5.74) is 0.746. The molecule has 0 saturated heterocycles. The molecule has 0 saturated carbocycles. The Bertz CT molecular complexity index is 583. The first-order chi connectivity index (χ1) is 8.49. The van der Waals surface area contributed by atoms with Crippen LogP contribution in [0.1, 0.15) is 13.8 Å². The van der Waals surface area contributed by atoms with Crippen LogP contribution >= 0.6 is 11.6 Å². The topological polar surface area (TPSA) is 83.6 Å². The van der Waals surface area contributed by atoms with Crippen molar-refractivity contribution in [3.8, 4) is 0 Å². The van der Waals surface area contributed by atoms with Gasteiger partial charge in [-0.15, -0.1) is 10.2 Å². The molecule has 2 rings (SSSR count). The highest BCUT2D eigenvalue weighted by molar-refractivity contribution is 6.29. The Morgan fingerprint density at radius 3 is 2.94 bits per heavy atom. The third-order valence-electron chi connectivity index (χ3n) is 2.29. The Kier molecular flexibility index (Phi) is 3.33. The molecular weight excluding hydrogens is 258 g/mol. The maximum Gasteiger partial charge on any atom is 0.411 e. The summed E-state index contributed by atoms with van der Waals surface area (Å²) < 4.78 is 1.36. The predicted molar refractivity (Wildman–Crippen MR) is 66.0 cm³/mol. The molecule has 2 heterocycles. The van der Waals surface area contributed by atoms with Gasteiger partial charge < -0.3 is 5.11 Å². The summed E-state index contributed by atoms with van der Waals surface area (Å²) in [6, 6.07) is 1.47. The molecule has 0 spiro atoms. The number of amides is 1. The van der Waals surface area contributed by atoms with E-state index in [0.717, 1.165) is 0 Å². The van der Waals surface area contributed by atoms with Crippen molar-refractivity contribution in [1.29, 1.82) is 0 Å². The van der Waals surface area contributed by atoms with E-state index in [1.54, 1.807) is 0 Å². The highest BCUT2D eigenvalue weighted by Gasteiger charge is 2.21. The number of carboxylic acid groups (broad SMARTS) is 1. The van der Waals surface area contributed by atoms with Crippen LogP contribution in [0, 0.1) is 5.92 Å². The zero-order valence-corrected chi connectivity index (χ0v) is 10.7. The summed E-state index contributed by atoms with van der Waals surface area (Å²) >= 11 is 5.86. The molecule has 0 unspecified atom stereocenters. The average molecular weight is 270 g/mol. The summed E-state index contributed by atoms with van der Waals surface area (Å²) in [7, 11) is 0. The molecule has 18 heavy (non-hydrogen) atoms. The third-order valence-corrected chi connectivity index (χ3v) is 2.47. The first kappa shape index (κ1) is 12.6. The number of nitrogens with zero attached hydrogens (tertiary/aromatic N) is 5. The van der Waals surface area contributed by atoms with Crippen molar-refractivity contribution >= 4 is 29.0 Å². The van der Waals surface area contributed by atoms with Gasteiger partial charge in [0.15, 0.2) is 5.15 Å². The Balaban J connectivity index is 2.55. The van der Waals surface area contributed by atoms with E-state index in [0.29, 0.717) is 17.9 Å². The maximum absolute atomic E-state index is 11.3. The van der Waals surface area contributed by atoms with E-state index in [1.165, 1.54) is 21.8 Å². The zero-order valence-electron chi connectivity index (χ0n) is 9.91. The van der Waals surface area contributed by atoms with Crippen LogP contribution in [0.15, 0.2) is 12.4 Å². The summed E-state index contributed by atoms with van der Waals surface area (Å²) in [6.45, 7) is 4.21. The van der Waals surface area contributed by atoms with Crippen LogP contribution in [0.5, 0.6) is 0 Å². The van der Waals surface area contributed by atoms with Gasteiger partial charge in [-0.25, -0.2) is 4.79 Å². The molecule has 0 atom stereocenters. The SMILES string of the molecule is CC(C)CN(C(=O)O)c1cc(Cl)nn2cnnc12. The number of fused-ring (bicyclic) bond motifs is 1. The minimum atomic E-state index is -1.06. The molecule has 0 bridgehead atoms. The first-order valence-electron chi connectivity index (χ1n) is 5.36. The van der Waals surface area contributed by atoms with Crippen molar-refractivity contribution in [2.45, 2.75) is 13.8 Å². The molecule has 1 amide bonds. The normalized spacial score (nSPS) is 11.1. The lowest BCUT2D eigenvalue weighted by Crippen LogP contribution is -2.33. The highest BCUT2D eigenvalue weighted by atomic mass is 35.5. The standard InChI is InChI=1S/C10H12ClN5O2/c1-6(2)4-15(10(17)18)7-3-8(11)14-16-5-12-13-9(7)16/h3,5-6H,4H2,1-2H3,(H,17,18). The van der Waals surface area contributed by atoms with Gasteiger partial charge in [0.2, 0.25) is 5.65 Å². The van der Waals surface area contributed by atoms with Gasteiger partial charge in [-0.3, -0.25) is 4.90 Å². The molecule has 8 heteroatoms. The smallest absolute Gasteiger partial charge is 0.411 e. The van der Waals surface area contributed by atoms with E-state index in [-0.39, 0.29) is 11.1 Å². The number of hydrogen-bond donors (Lipinski definition) is 1. The fourth-order valence-electron chi connectivity index (χ4n) is 1.62. The van der Waals surface area contributed by atoms with Crippen molar-refractivity contribution in [2.24, 2.45) is 5.92 Å². The second-order valence-electron chi connectivity index (χ2n) is 4.24. The fourth-order valence-corrected chi connectivity index (χ4v) is 1.81. The van der Waals surface area contributed by atoms with Crippen LogP contribution in [0.4, 0.5) is 10.5 Å². The van der Waals surface area contributed by atoms with Crippen molar-refractivity contribution < 1.29 is 9.90 Å². The van der Waals surface area contributed by atoms with E-state index in [1.807, 2.05) is 13.8 Å². The second kappa shape index (κ2) is 4.77. The molecule has 2 aromatic heterocycles. The van der Waals surface area contributed by atoms with E-state index >= 15 is 0 Å². The zero-order chi connectivity index (χ0) is 13.3. The van der Waals surface area contributed by atoms with Crippen LogP contribution in [0.25, 0.3) is 5.65 Å². The number of carbonyl (C=O) groups is 1. The minimum absolute atomic E-state index is 0.177. The average Bonchev–Trinajstić information content (AvgIpc) is 2.71. The number of halogens is 1. The van der Waals surface area contributed by atoms with Crippen LogP contribution in [-0.4, -0.2) is 37.6 Å². The van der Waals surface area contributed by atoms with Crippen LogP contribution < -0.4 is 4.90 Å². The Morgan fingerprint density at radius 2 is 2.33 bits per heavy atom. The molecule has 0 aliphatic heterocycles. The Morgan fingerprint density at radius 1 is 1.61 bits per heavy atom. The summed E-state index contributed by atoms with van der Waals surface area (Å²) in [6.07, 6.45) is 0.316. The van der Waals surface area contributed by atoms with Gasteiger partial charge in [0.05, 0.1) is 5.69 Å². The van der Waals surface area contributed by atoms with E-state index in [9.17, 15) is 9.90 Å². The third kappa shape index (κ3) is 2.35. The minimum Gasteiger partial charge on any atom is -0.465 e. The van der Waals surface area contributed by atoms with Gasteiger partial charge in [-0.1, -0.05) is 25.4 Å². The second-order valence-corrected chi connectivity index (χ2v) is 4.63. The Hall–Kier alpha value is -1.89. The number of rotatable bonds is 3. The van der Waals surface area contributed by atoms with Crippen molar-refractivity contribution in [3.63, 3.8) is 0 Å². The van der Waals surface area contributed by atoms with Crippen molar-refractivity contribution in [3.05, 3.63) is 17.5 Å². The van der Waals surface area contributed by atoms with Gasteiger partial charge >= 0.3 is 6.09 Å². The molecule has 1 N–H and O–H groups in total. The number of anilines is 1. The monoisotopic (exact) mass is 269 g/mol. The molecule has 0 aromatic carbocycles. The van der Waals surface area contributed by atoms with Crippen LogP contribution in [0.3, 0.4) is 0 Å². The molecule has 0 aliphatic rings. The van der Waals surface area contributed by atoms with E-state index in [4.69, 9.17) is 11.6 Å². The largest absolute Gasteiger partial charge is 0.465 e. The molecule has 0 radical (unpaired) electrons. The van der Waals surface area contributed by atoms with Crippen molar-refractivity contribution in [2.75, 3.05) is 11.4 Å². The fraction of sp³-hybridized carbons (Fsp3) is 0.400. The first-order valence-corrected chi connectivity index (χ1v) is 5.74. The predicted octanol–water partition coefficient (Wildman–Crippen LogP) is 1.92. The van der Waals surface area contributed by atoms with E-state index in [2.05, 4.69) is 15.3 Å². The van der Waals surface area contributed by atoms with Gasteiger partial charge in [-0.2, -0.15) is 9.61 Å². The summed E-state index contributed by atoms with van der Waals surface area (Å²) in [5.74, 6) is 0.177. The molecule has 2 aromatic rings. The van der Waals surface area contributed by atoms with E-state index < -0.39 is 6.09 Å². The summed E-state index contributed by atoms with van der Waals surface area (Å²) in [4.78, 5) is 12.5. The lowest BCUT2D eigenvalue weighted by atomic mass is 10.2. The quantitative estimate of drug-likeness (QED) is 0.920. The van der Waals surface area contributed by atoms with Crippen LogP contribution in [0.2, 0.25) is 5.15 Å². The van der Waals surface area contributed by atoms with Crippen molar-refractivity contribution in [1.82, 2.24) is 19.8 Å². The molecule has 0 aliphatic carbocycles. The molecular formula is C10H12ClN5O2.